The van der Waals surface area contributed by atoms with Gasteiger partial charge in [0.05, 0.1) is 10.6 Å². The number of halogens is 1. The lowest BCUT2D eigenvalue weighted by atomic mass is 9.99. The van der Waals surface area contributed by atoms with Crippen molar-refractivity contribution in [3.05, 3.63) is 94.5 Å². The van der Waals surface area contributed by atoms with Crippen LogP contribution in [0.1, 0.15) is 27.9 Å². The van der Waals surface area contributed by atoms with Crippen LogP contribution in [-0.4, -0.2) is 47.7 Å². The number of carbonyl (C=O) groups is 2. The molecule has 3 aromatic carbocycles. The molecule has 3 N–H and O–H groups in total. The van der Waals surface area contributed by atoms with E-state index in [9.17, 15) is 9.59 Å². The smallest absolute Gasteiger partial charge is 0.404 e. The minimum atomic E-state index is -0.964. The van der Waals surface area contributed by atoms with Crippen molar-refractivity contribution < 1.29 is 14.7 Å². The van der Waals surface area contributed by atoms with E-state index in [-0.39, 0.29) is 11.9 Å². The minimum Gasteiger partial charge on any atom is -0.465 e. The molecule has 2 amide bonds. The predicted molar refractivity (Wildman–Crippen MR) is 134 cm³/mol. The van der Waals surface area contributed by atoms with E-state index in [0.717, 1.165) is 42.7 Å². The highest BCUT2D eigenvalue weighted by Crippen LogP contribution is 2.29. The Morgan fingerprint density at radius 2 is 1.71 bits per heavy atom. The Labute approximate surface area is 204 Å². The Balaban J connectivity index is 1.30. The molecule has 6 nitrogen and oxygen atoms in total. The van der Waals surface area contributed by atoms with Crippen LogP contribution in [-0.2, 0) is 13.0 Å². The van der Waals surface area contributed by atoms with E-state index in [0.29, 0.717) is 23.6 Å². The molecule has 1 saturated heterocycles. The second kappa shape index (κ2) is 11.2. The first-order valence-corrected chi connectivity index (χ1v) is 11.8. The van der Waals surface area contributed by atoms with Crippen LogP contribution in [0.3, 0.4) is 0 Å². The summed E-state index contributed by atoms with van der Waals surface area (Å²) in [7, 11) is 0. The van der Waals surface area contributed by atoms with Gasteiger partial charge in [0.15, 0.2) is 0 Å². The van der Waals surface area contributed by atoms with Gasteiger partial charge in [0, 0.05) is 32.2 Å². The second-order valence-electron chi connectivity index (χ2n) is 8.52. The van der Waals surface area contributed by atoms with E-state index in [4.69, 9.17) is 16.7 Å². The fourth-order valence-corrected chi connectivity index (χ4v) is 4.62. The SMILES string of the molecule is O=C(O)NC1CCN(Cc2ccc(CCNC(=O)c3c(Cl)cccc3-c3ccccc3)cc2)C1. The van der Waals surface area contributed by atoms with Crippen LogP contribution < -0.4 is 10.6 Å². The summed E-state index contributed by atoms with van der Waals surface area (Å²) in [6, 6.07) is 23.6. The molecule has 0 bridgehead atoms. The number of hydrogen-bond acceptors (Lipinski definition) is 3. The van der Waals surface area contributed by atoms with Gasteiger partial charge >= 0.3 is 6.09 Å². The third-order valence-electron chi connectivity index (χ3n) is 6.05. The van der Waals surface area contributed by atoms with Gasteiger partial charge in [-0.25, -0.2) is 4.79 Å². The van der Waals surface area contributed by atoms with Crippen LogP contribution in [0.15, 0.2) is 72.8 Å². The summed E-state index contributed by atoms with van der Waals surface area (Å²) in [5, 5.41) is 14.9. The lowest BCUT2D eigenvalue weighted by Gasteiger charge is -2.16. The highest BCUT2D eigenvalue weighted by Gasteiger charge is 2.23. The van der Waals surface area contributed by atoms with Gasteiger partial charge in [0.2, 0.25) is 0 Å². The van der Waals surface area contributed by atoms with Crippen molar-refractivity contribution in [3.63, 3.8) is 0 Å². The molecule has 34 heavy (non-hydrogen) atoms. The van der Waals surface area contributed by atoms with Gasteiger partial charge in [0.1, 0.15) is 0 Å². The van der Waals surface area contributed by atoms with E-state index in [1.807, 2.05) is 42.5 Å². The van der Waals surface area contributed by atoms with E-state index in [1.165, 1.54) is 5.56 Å². The minimum absolute atomic E-state index is 0.000842. The van der Waals surface area contributed by atoms with Crippen molar-refractivity contribution in [2.75, 3.05) is 19.6 Å². The van der Waals surface area contributed by atoms with Gasteiger partial charge in [-0.1, -0.05) is 78.3 Å². The summed E-state index contributed by atoms with van der Waals surface area (Å²) in [5.74, 6) is -0.181. The Morgan fingerprint density at radius 3 is 2.44 bits per heavy atom. The molecule has 1 aliphatic rings. The monoisotopic (exact) mass is 477 g/mol. The summed E-state index contributed by atoms with van der Waals surface area (Å²) in [6.07, 6.45) is 0.585. The normalized spacial score (nSPS) is 15.7. The molecule has 176 valence electrons. The predicted octanol–water partition coefficient (Wildman–Crippen LogP) is 4.82. The van der Waals surface area contributed by atoms with Gasteiger partial charge in [0.25, 0.3) is 5.91 Å². The summed E-state index contributed by atoms with van der Waals surface area (Å²) < 4.78 is 0. The first-order chi connectivity index (χ1) is 16.5. The largest absolute Gasteiger partial charge is 0.465 e. The van der Waals surface area contributed by atoms with Crippen LogP contribution in [0.25, 0.3) is 11.1 Å². The molecule has 0 radical (unpaired) electrons. The molecule has 3 aromatic rings. The van der Waals surface area contributed by atoms with Gasteiger partial charge in [-0.05, 0) is 41.2 Å². The van der Waals surface area contributed by atoms with E-state index < -0.39 is 6.09 Å². The van der Waals surface area contributed by atoms with E-state index in [1.54, 1.807) is 6.07 Å². The zero-order chi connectivity index (χ0) is 23.9. The lowest BCUT2D eigenvalue weighted by molar-refractivity contribution is 0.0955. The maximum absolute atomic E-state index is 12.9. The zero-order valence-electron chi connectivity index (χ0n) is 18.8. The third kappa shape index (κ3) is 6.16. The number of hydrogen-bond donors (Lipinski definition) is 3. The molecule has 1 fully saturated rings. The van der Waals surface area contributed by atoms with Crippen LogP contribution in [0.2, 0.25) is 5.02 Å². The molecular weight excluding hydrogens is 450 g/mol. The van der Waals surface area contributed by atoms with Crippen molar-refractivity contribution in [3.8, 4) is 11.1 Å². The average molecular weight is 478 g/mol. The number of nitrogens with one attached hydrogen (secondary N) is 2. The Kier molecular flexibility index (Phi) is 7.83. The molecule has 0 aliphatic carbocycles. The first-order valence-electron chi connectivity index (χ1n) is 11.4. The Bertz CT molecular complexity index is 1140. The molecule has 1 unspecified atom stereocenters. The molecule has 0 spiro atoms. The quantitative estimate of drug-likeness (QED) is 0.434. The average Bonchev–Trinajstić information content (AvgIpc) is 3.26. The summed E-state index contributed by atoms with van der Waals surface area (Å²) >= 11 is 6.39. The molecule has 0 aromatic heterocycles. The highest BCUT2D eigenvalue weighted by atomic mass is 35.5. The lowest BCUT2D eigenvalue weighted by Crippen LogP contribution is -2.35. The third-order valence-corrected chi connectivity index (χ3v) is 6.37. The number of nitrogens with zero attached hydrogens (tertiary/aromatic N) is 1. The molecule has 0 saturated carbocycles. The number of benzene rings is 3. The van der Waals surface area contributed by atoms with Crippen LogP contribution in [0.5, 0.6) is 0 Å². The van der Waals surface area contributed by atoms with Crippen LogP contribution in [0.4, 0.5) is 4.79 Å². The molecule has 1 atom stereocenters. The summed E-state index contributed by atoms with van der Waals surface area (Å²) in [5.41, 5.74) is 4.59. The highest BCUT2D eigenvalue weighted by molar-refractivity contribution is 6.34. The maximum Gasteiger partial charge on any atom is 0.404 e. The van der Waals surface area contributed by atoms with Crippen LogP contribution in [0, 0.1) is 0 Å². The second-order valence-corrected chi connectivity index (χ2v) is 8.93. The number of carboxylic acid groups (broad SMARTS) is 1. The summed E-state index contributed by atoms with van der Waals surface area (Å²) in [6.45, 7) is 2.91. The topological polar surface area (TPSA) is 81.7 Å². The van der Waals surface area contributed by atoms with Crippen molar-refractivity contribution in [2.24, 2.45) is 0 Å². The molecular formula is C27H28ClN3O3. The zero-order valence-corrected chi connectivity index (χ0v) is 19.6. The van der Waals surface area contributed by atoms with Gasteiger partial charge in [-0.3, -0.25) is 9.69 Å². The summed E-state index contributed by atoms with van der Waals surface area (Å²) in [4.78, 5) is 26.0. The van der Waals surface area contributed by atoms with Crippen molar-refractivity contribution in [1.29, 1.82) is 0 Å². The van der Waals surface area contributed by atoms with Crippen molar-refractivity contribution in [1.82, 2.24) is 15.5 Å². The van der Waals surface area contributed by atoms with Crippen molar-refractivity contribution in [2.45, 2.75) is 25.4 Å². The number of likely N-dealkylation sites (tertiary alicyclic amines) is 1. The molecule has 4 rings (SSSR count). The number of amides is 2. The molecule has 1 heterocycles. The van der Waals surface area contributed by atoms with E-state index >= 15 is 0 Å². The fraction of sp³-hybridized carbons (Fsp3) is 0.259. The van der Waals surface area contributed by atoms with E-state index in [2.05, 4.69) is 39.8 Å². The Morgan fingerprint density at radius 1 is 0.971 bits per heavy atom. The van der Waals surface area contributed by atoms with Crippen molar-refractivity contribution >= 4 is 23.6 Å². The fourth-order valence-electron chi connectivity index (χ4n) is 4.36. The maximum atomic E-state index is 12.9. The van der Waals surface area contributed by atoms with Crippen LogP contribution >= 0.6 is 11.6 Å². The number of carbonyl (C=O) groups excluding carboxylic acids is 1. The number of rotatable bonds is 8. The Hall–Kier alpha value is -3.35. The molecule has 7 heteroatoms. The molecule has 1 aliphatic heterocycles. The van der Waals surface area contributed by atoms with Gasteiger partial charge in [-0.15, -0.1) is 0 Å². The van der Waals surface area contributed by atoms with Gasteiger partial charge in [-0.2, -0.15) is 0 Å². The standard InChI is InChI=1S/C27H28ClN3O3/c28-24-8-4-7-23(21-5-2-1-3-6-21)25(24)26(32)29-15-13-19-9-11-20(12-10-19)17-31-16-14-22(18-31)30-27(33)34/h1-12,22,30H,13-18H2,(H,29,32)(H,33,34). The first kappa shape index (κ1) is 23.8. The van der Waals surface area contributed by atoms with Gasteiger partial charge < -0.3 is 15.7 Å².